The van der Waals surface area contributed by atoms with Crippen molar-refractivity contribution in [2.75, 3.05) is 5.32 Å². The van der Waals surface area contributed by atoms with Crippen molar-refractivity contribution in [3.8, 4) is 6.07 Å². The van der Waals surface area contributed by atoms with Gasteiger partial charge in [-0.15, -0.1) is 11.3 Å². The van der Waals surface area contributed by atoms with Gasteiger partial charge in [0.1, 0.15) is 0 Å². The highest BCUT2D eigenvalue weighted by Gasteiger charge is 2.23. The number of nitriles is 1. The van der Waals surface area contributed by atoms with Gasteiger partial charge in [-0.1, -0.05) is 6.07 Å². The molecule has 7 nitrogen and oxygen atoms in total. The smallest absolute Gasteiger partial charge is 0.322 e. The number of carbonyl (C=O) groups excluding carboxylic acids is 2. The molecule has 2 N–H and O–H groups in total. The Kier molecular flexibility index (Phi) is 5.22. The van der Waals surface area contributed by atoms with Gasteiger partial charge in [-0.25, -0.2) is 4.79 Å². The monoisotopic (exact) mass is 403 g/mol. The van der Waals surface area contributed by atoms with E-state index in [1.807, 2.05) is 12.1 Å². The van der Waals surface area contributed by atoms with Crippen molar-refractivity contribution in [3.05, 3.63) is 81.3 Å². The average molecular weight is 403 g/mol. The van der Waals surface area contributed by atoms with Crippen LogP contribution < -0.4 is 10.6 Å². The molecule has 0 aliphatic carbocycles. The lowest BCUT2D eigenvalue weighted by Gasteiger charge is -2.16. The van der Waals surface area contributed by atoms with Crippen molar-refractivity contribution >= 4 is 29.0 Å². The van der Waals surface area contributed by atoms with Crippen LogP contribution in [0.3, 0.4) is 0 Å². The fourth-order valence-electron chi connectivity index (χ4n) is 3.11. The molecule has 0 unspecified atom stereocenters. The second kappa shape index (κ2) is 8.12. The Morgan fingerprint density at radius 1 is 1.14 bits per heavy atom. The fourth-order valence-corrected chi connectivity index (χ4v) is 3.65. The van der Waals surface area contributed by atoms with Crippen LogP contribution in [0.4, 0.5) is 10.5 Å². The Morgan fingerprint density at radius 3 is 2.66 bits per heavy atom. The number of anilines is 1. The SMILES string of the molecule is N#Cc1ccc2c(c1)CN(C(=O)Nc1ccc(C(=O)NCc3cncs3)cc1)C2. The molecule has 3 amide bonds. The molecule has 0 saturated heterocycles. The number of benzene rings is 2. The van der Waals surface area contributed by atoms with Crippen LogP contribution in [0.5, 0.6) is 0 Å². The molecule has 0 radical (unpaired) electrons. The average Bonchev–Trinajstić information content (AvgIpc) is 3.41. The van der Waals surface area contributed by atoms with Gasteiger partial charge in [-0.3, -0.25) is 9.78 Å². The van der Waals surface area contributed by atoms with E-state index in [0.29, 0.717) is 36.4 Å². The first-order chi connectivity index (χ1) is 14.1. The summed E-state index contributed by atoms with van der Waals surface area (Å²) in [5.74, 6) is -0.181. The van der Waals surface area contributed by atoms with E-state index in [9.17, 15) is 9.59 Å². The van der Waals surface area contributed by atoms with Crippen LogP contribution in [0.2, 0.25) is 0 Å². The highest BCUT2D eigenvalue weighted by atomic mass is 32.1. The van der Waals surface area contributed by atoms with E-state index in [0.717, 1.165) is 16.0 Å². The third-order valence-corrected chi connectivity index (χ3v) is 5.43. The molecule has 1 aliphatic heterocycles. The first-order valence-corrected chi connectivity index (χ1v) is 9.84. The number of hydrogen-bond acceptors (Lipinski definition) is 5. The Balaban J connectivity index is 1.33. The number of hydrogen-bond donors (Lipinski definition) is 2. The summed E-state index contributed by atoms with van der Waals surface area (Å²) in [5, 5.41) is 14.7. The summed E-state index contributed by atoms with van der Waals surface area (Å²) < 4.78 is 0. The number of rotatable bonds is 4. The number of nitrogens with zero attached hydrogens (tertiary/aromatic N) is 3. The molecular formula is C21H17N5O2S. The zero-order valence-corrected chi connectivity index (χ0v) is 16.2. The van der Waals surface area contributed by atoms with Gasteiger partial charge >= 0.3 is 6.03 Å². The summed E-state index contributed by atoms with van der Waals surface area (Å²) in [6.07, 6.45) is 1.72. The zero-order chi connectivity index (χ0) is 20.2. The van der Waals surface area contributed by atoms with E-state index in [-0.39, 0.29) is 11.9 Å². The van der Waals surface area contributed by atoms with Crippen molar-refractivity contribution in [1.82, 2.24) is 15.2 Å². The third kappa shape index (κ3) is 4.25. The van der Waals surface area contributed by atoms with Gasteiger partial charge in [0.25, 0.3) is 5.91 Å². The number of aromatic nitrogens is 1. The van der Waals surface area contributed by atoms with Gasteiger partial charge in [-0.2, -0.15) is 5.26 Å². The molecule has 0 fully saturated rings. The minimum Gasteiger partial charge on any atom is -0.347 e. The van der Waals surface area contributed by atoms with E-state index in [1.165, 1.54) is 11.3 Å². The van der Waals surface area contributed by atoms with Crippen LogP contribution in [0.25, 0.3) is 0 Å². The van der Waals surface area contributed by atoms with Crippen LogP contribution in [-0.4, -0.2) is 21.8 Å². The molecule has 4 rings (SSSR count). The van der Waals surface area contributed by atoms with Crippen LogP contribution >= 0.6 is 11.3 Å². The van der Waals surface area contributed by atoms with Crippen molar-refractivity contribution < 1.29 is 9.59 Å². The molecule has 1 aromatic heterocycles. The quantitative estimate of drug-likeness (QED) is 0.697. The summed E-state index contributed by atoms with van der Waals surface area (Å²) in [5.41, 5.74) is 5.49. The van der Waals surface area contributed by atoms with Gasteiger partial charge in [0.05, 0.1) is 23.7 Å². The van der Waals surface area contributed by atoms with Crippen molar-refractivity contribution in [3.63, 3.8) is 0 Å². The predicted molar refractivity (Wildman–Crippen MR) is 109 cm³/mol. The van der Waals surface area contributed by atoms with E-state index < -0.39 is 0 Å². The normalized spacial score (nSPS) is 12.2. The van der Waals surface area contributed by atoms with Crippen molar-refractivity contribution in [2.45, 2.75) is 19.6 Å². The van der Waals surface area contributed by atoms with Gasteiger partial charge in [0.2, 0.25) is 0 Å². The van der Waals surface area contributed by atoms with Crippen LogP contribution in [-0.2, 0) is 19.6 Å². The summed E-state index contributed by atoms with van der Waals surface area (Å²) in [7, 11) is 0. The van der Waals surface area contributed by atoms with E-state index in [2.05, 4.69) is 21.7 Å². The Morgan fingerprint density at radius 2 is 1.93 bits per heavy atom. The number of nitrogens with one attached hydrogen (secondary N) is 2. The first kappa shape index (κ1) is 18.7. The predicted octanol–water partition coefficient (Wildman–Crippen LogP) is 3.49. The third-order valence-electron chi connectivity index (χ3n) is 4.65. The first-order valence-electron chi connectivity index (χ1n) is 8.96. The molecule has 0 atom stereocenters. The lowest BCUT2D eigenvalue weighted by atomic mass is 10.1. The molecule has 1 aliphatic rings. The molecule has 8 heteroatoms. The zero-order valence-electron chi connectivity index (χ0n) is 15.4. The summed E-state index contributed by atoms with van der Waals surface area (Å²) in [6.45, 7) is 1.41. The second-order valence-corrected chi connectivity index (χ2v) is 7.58. The number of amides is 3. The lowest BCUT2D eigenvalue weighted by molar-refractivity contribution is 0.0951. The van der Waals surface area contributed by atoms with E-state index in [4.69, 9.17) is 5.26 Å². The minimum absolute atomic E-state index is 0.181. The molecule has 2 heterocycles. The van der Waals surface area contributed by atoms with E-state index in [1.54, 1.807) is 46.9 Å². The van der Waals surface area contributed by atoms with E-state index >= 15 is 0 Å². The van der Waals surface area contributed by atoms with Gasteiger partial charge in [0, 0.05) is 35.4 Å². The highest BCUT2D eigenvalue weighted by molar-refractivity contribution is 7.09. The summed E-state index contributed by atoms with van der Waals surface area (Å²) >= 11 is 1.49. The van der Waals surface area contributed by atoms with Gasteiger partial charge < -0.3 is 15.5 Å². The van der Waals surface area contributed by atoms with Crippen LogP contribution in [0.15, 0.2) is 54.2 Å². The molecule has 144 valence electrons. The van der Waals surface area contributed by atoms with Crippen LogP contribution in [0.1, 0.15) is 31.9 Å². The molecule has 0 spiro atoms. The number of fused-ring (bicyclic) bond motifs is 1. The summed E-state index contributed by atoms with van der Waals surface area (Å²) in [6, 6.07) is 14.1. The summed E-state index contributed by atoms with van der Waals surface area (Å²) in [4.78, 5) is 31.4. The Labute approximate surface area is 171 Å². The number of carbonyl (C=O) groups is 2. The maximum Gasteiger partial charge on any atom is 0.322 e. The van der Waals surface area contributed by atoms with Crippen LogP contribution in [0, 0.1) is 11.3 Å². The maximum atomic E-state index is 12.6. The fraction of sp³-hybridized carbons (Fsp3) is 0.143. The molecule has 0 bridgehead atoms. The second-order valence-electron chi connectivity index (χ2n) is 6.61. The minimum atomic E-state index is -0.220. The molecule has 0 saturated carbocycles. The molecule has 3 aromatic rings. The van der Waals surface area contributed by atoms with Gasteiger partial charge in [-0.05, 0) is 47.5 Å². The Bertz CT molecular complexity index is 1090. The van der Waals surface area contributed by atoms with Crippen molar-refractivity contribution in [2.24, 2.45) is 0 Å². The Hall–Kier alpha value is -3.70. The topological polar surface area (TPSA) is 98.1 Å². The molecular weight excluding hydrogens is 386 g/mol. The highest BCUT2D eigenvalue weighted by Crippen LogP contribution is 2.24. The number of thiazole rings is 1. The largest absolute Gasteiger partial charge is 0.347 e. The van der Waals surface area contributed by atoms with Gasteiger partial charge in [0.15, 0.2) is 0 Å². The maximum absolute atomic E-state index is 12.6. The standard InChI is InChI=1S/C21H17N5O2S/c22-8-14-1-2-16-11-26(12-17(16)7-14)21(28)25-18-5-3-15(4-6-18)20(27)24-10-19-9-23-13-29-19/h1-7,9,13H,10-12H2,(H,24,27)(H,25,28). The number of urea groups is 1. The van der Waals surface area contributed by atoms with Crippen molar-refractivity contribution in [1.29, 1.82) is 5.26 Å². The lowest BCUT2D eigenvalue weighted by Crippen LogP contribution is -2.30. The molecule has 29 heavy (non-hydrogen) atoms. The molecule has 2 aromatic carbocycles.